The SMILES string of the molecule is CN[C@@H](C)C(=O)N[C@H]1CN(C(=O)Cc2ccccc2)CC[C@H]2CC[C@@H](C(=O)NC(c3ccccc3)c3ccccc3)N2C1=O.Cl. The van der Waals surface area contributed by atoms with Gasteiger partial charge in [-0.3, -0.25) is 19.2 Å². The van der Waals surface area contributed by atoms with Gasteiger partial charge in [-0.2, -0.15) is 0 Å². The minimum Gasteiger partial charge on any atom is -0.343 e. The summed E-state index contributed by atoms with van der Waals surface area (Å²) in [6.45, 7) is 2.18. The molecule has 45 heavy (non-hydrogen) atoms. The second-order valence-corrected chi connectivity index (χ2v) is 11.6. The van der Waals surface area contributed by atoms with Crippen LogP contribution in [0.15, 0.2) is 91.0 Å². The highest BCUT2D eigenvalue weighted by Crippen LogP contribution is 2.31. The Balaban J connectivity index is 0.00000461. The van der Waals surface area contributed by atoms with Gasteiger partial charge >= 0.3 is 0 Å². The van der Waals surface area contributed by atoms with Gasteiger partial charge in [-0.15, -0.1) is 12.4 Å². The predicted molar refractivity (Wildman–Crippen MR) is 176 cm³/mol. The molecule has 2 aliphatic rings. The zero-order valence-electron chi connectivity index (χ0n) is 25.7. The smallest absolute Gasteiger partial charge is 0.247 e. The van der Waals surface area contributed by atoms with Crippen LogP contribution in [0.3, 0.4) is 0 Å². The Kier molecular flexibility index (Phi) is 11.7. The summed E-state index contributed by atoms with van der Waals surface area (Å²) in [4.78, 5) is 58.0. The summed E-state index contributed by atoms with van der Waals surface area (Å²) in [7, 11) is 1.67. The number of amides is 4. The number of rotatable bonds is 9. The fraction of sp³-hybridized carbons (Fsp3) is 0.371. The van der Waals surface area contributed by atoms with Gasteiger partial charge in [0, 0.05) is 19.1 Å². The summed E-state index contributed by atoms with van der Waals surface area (Å²) in [5.74, 6) is -1.01. The first-order valence-electron chi connectivity index (χ1n) is 15.4. The molecule has 3 aromatic rings. The molecular formula is C35H42ClN5O4. The number of nitrogens with one attached hydrogen (secondary N) is 3. The van der Waals surface area contributed by atoms with Gasteiger partial charge in [0.1, 0.15) is 12.1 Å². The monoisotopic (exact) mass is 631 g/mol. The normalized spacial score (nSPS) is 20.3. The number of carbonyl (C=O) groups is 4. The third-order valence-electron chi connectivity index (χ3n) is 8.74. The van der Waals surface area contributed by atoms with E-state index in [9.17, 15) is 19.2 Å². The summed E-state index contributed by atoms with van der Waals surface area (Å²) in [5, 5.41) is 9.01. The van der Waals surface area contributed by atoms with E-state index in [1.54, 1.807) is 23.8 Å². The van der Waals surface area contributed by atoms with Crippen molar-refractivity contribution in [2.75, 3.05) is 20.1 Å². The molecule has 2 saturated heterocycles. The lowest BCUT2D eigenvalue weighted by Crippen LogP contribution is -2.62. The second kappa shape index (κ2) is 15.7. The van der Waals surface area contributed by atoms with Crippen LogP contribution in [-0.2, 0) is 25.6 Å². The van der Waals surface area contributed by atoms with Crippen molar-refractivity contribution in [1.82, 2.24) is 25.8 Å². The van der Waals surface area contributed by atoms with Crippen molar-refractivity contribution in [1.29, 1.82) is 0 Å². The molecule has 3 aromatic carbocycles. The average molecular weight is 632 g/mol. The van der Waals surface area contributed by atoms with Crippen LogP contribution < -0.4 is 16.0 Å². The molecule has 4 atom stereocenters. The van der Waals surface area contributed by atoms with Crippen molar-refractivity contribution in [3.63, 3.8) is 0 Å². The van der Waals surface area contributed by atoms with Crippen molar-refractivity contribution in [2.24, 2.45) is 0 Å². The molecule has 0 bridgehead atoms. The lowest BCUT2D eigenvalue weighted by atomic mass is 9.98. The fourth-order valence-electron chi connectivity index (χ4n) is 6.16. The van der Waals surface area contributed by atoms with Crippen molar-refractivity contribution in [3.05, 3.63) is 108 Å². The molecule has 3 N–H and O–H groups in total. The van der Waals surface area contributed by atoms with Gasteiger partial charge in [0.2, 0.25) is 23.6 Å². The number of nitrogens with zero attached hydrogens (tertiary/aromatic N) is 2. The average Bonchev–Trinajstić information content (AvgIpc) is 3.48. The van der Waals surface area contributed by atoms with E-state index >= 15 is 0 Å². The number of carbonyl (C=O) groups excluding carboxylic acids is 4. The molecule has 0 unspecified atom stereocenters. The van der Waals surface area contributed by atoms with E-state index in [-0.39, 0.29) is 61.1 Å². The van der Waals surface area contributed by atoms with E-state index in [0.29, 0.717) is 25.8 Å². The molecule has 9 nitrogen and oxygen atoms in total. The molecule has 2 aliphatic heterocycles. The number of halogens is 1. The zero-order valence-corrected chi connectivity index (χ0v) is 26.5. The minimum absolute atomic E-state index is 0. The molecule has 2 fully saturated rings. The number of hydrogen-bond acceptors (Lipinski definition) is 5. The van der Waals surface area contributed by atoms with Gasteiger partial charge in [0.15, 0.2) is 0 Å². The third-order valence-corrected chi connectivity index (χ3v) is 8.74. The Morgan fingerprint density at radius 1 is 0.844 bits per heavy atom. The van der Waals surface area contributed by atoms with Crippen LogP contribution in [0.5, 0.6) is 0 Å². The van der Waals surface area contributed by atoms with E-state index in [4.69, 9.17) is 0 Å². The Bertz CT molecular complexity index is 1400. The van der Waals surface area contributed by atoms with E-state index < -0.39 is 18.1 Å². The van der Waals surface area contributed by atoms with Gasteiger partial charge in [0.25, 0.3) is 0 Å². The number of hydrogen-bond donors (Lipinski definition) is 3. The van der Waals surface area contributed by atoms with Crippen LogP contribution >= 0.6 is 12.4 Å². The molecule has 0 aromatic heterocycles. The van der Waals surface area contributed by atoms with Crippen LogP contribution in [0.25, 0.3) is 0 Å². The van der Waals surface area contributed by atoms with Crippen LogP contribution in [0.4, 0.5) is 0 Å². The van der Waals surface area contributed by atoms with E-state index in [1.165, 1.54) is 0 Å². The largest absolute Gasteiger partial charge is 0.343 e. The first-order valence-corrected chi connectivity index (χ1v) is 15.4. The summed E-state index contributed by atoms with van der Waals surface area (Å²) < 4.78 is 0. The number of fused-ring (bicyclic) bond motifs is 1. The lowest BCUT2D eigenvalue weighted by molar-refractivity contribution is -0.147. The summed E-state index contributed by atoms with van der Waals surface area (Å²) in [6.07, 6.45) is 1.91. The molecule has 5 rings (SSSR count). The van der Waals surface area contributed by atoms with Crippen molar-refractivity contribution >= 4 is 36.0 Å². The van der Waals surface area contributed by atoms with Crippen molar-refractivity contribution in [2.45, 2.75) is 62.8 Å². The maximum Gasteiger partial charge on any atom is 0.247 e. The van der Waals surface area contributed by atoms with E-state index in [1.807, 2.05) is 91.0 Å². The van der Waals surface area contributed by atoms with Gasteiger partial charge in [-0.05, 0) is 49.9 Å². The van der Waals surface area contributed by atoms with Crippen molar-refractivity contribution in [3.8, 4) is 0 Å². The van der Waals surface area contributed by atoms with Crippen LogP contribution in [0, 0.1) is 0 Å². The standard InChI is InChI=1S/C35H41N5O4.ClH/c1-24(36-2)33(42)37-29-23-39(31(41)22-25-12-6-3-7-13-25)21-20-28-18-19-30(40(28)35(29)44)34(43)38-32(26-14-8-4-9-15-26)27-16-10-5-11-17-27;/h3-17,24,28-30,32,36H,18-23H2,1-2H3,(H,37,42)(H,38,43);1H/t24-,28+,29-,30-;/m0./s1. The van der Waals surface area contributed by atoms with Gasteiger partial charge in [-0.25, -0.2) is 0 Å². The molecule has 2 heterocycles. The maximum absolute atomic E-state index is 14.3. The minimum atomic E-state index is -0.978. The highest BCUT2D eigenvalue weighted by atomic mass is 35.5. The molecule has 0 radical (unpaired) electrons. The zero-order chi connectivity index (χ0) is 31.1. The Hall–Kier alpha value is -4.21. The number of benzene rings is 3. The molecular weight excluding hydrogens is 590 g/mol. The van der Waals surface area contributed by atoms with Crippen LogP contribution in [-0.4, -0.2) is 77.7 Å². The van der Waals surface area contributed by atoms with Crippen LogP contribution in [0.2, 0.25) is 0 Å². The predicted octanol–water partition coefficient (Wildman–Crippen LogP) is 3.24. The van der Waals surface area contributed by atoms with Crippen LogP contribution in [0.1, 0.15) is 48.9 Å². The van der Waals surface area contributed by atoms with Gasteiger partial charge < -0.3 is 25.8 Å². The molecule has 0 spiro atoms. The summed E-state index contributed by atoms with van der Waals surface area (Å²) >= 11 is 0. The molecule has 10 heteroatoms. The Labute approximate surface area is 271 Å². The van der Waals surface area contributed by atoms with Gasteiger partial charge in [0.05, 0.1) is 18.5 Å². The van der Waals surface area contributed by atoms with Crippen molar-refractivity contribution < 1.29 is 19.2 Å². The topological polar surface area (TPSA) is 111 Å². The summed E-state index contributed by atoms with van der Waals surface area (Å²) in [5.41, 5.74) is 2.78. The Morgan fingerprint density at radius 2 is 1.42 bits per heavy atom. The van der Waals surface area contributed by atoms with E-state index in [0.717, 1.165) is 16.7 Å². The van der Waals surface area contributed by atoms with E-state index in [2.05, 4.69) is 16.0 Å². The highest BCUT2D eigenvalue weighted by Gasteiger charge is 2.46. The second-order valence-electron chi connectivity index (χ2n) is 11.6. The quantitative estimate of drug-likeness (QED) is 0.336. The first-order chi connectivity index (χ1) is 21.4. The lowest BCUT2D eigenvalue weighted by Gasteiger charge is -2.39. The highest BCUT2D eigenvalue weighted by molar-refractivity contribution is 5.94. The first kappa shape index (κ1) is 33.7. The molecule has 0 saturated carbocycles. The fourth-order valence-corrected chi connectivity index (χ4v) is 6.16. The molecule has 4 amide bonds. The van der Waals surface area contributed by atoms with Gasteiger partial charge in [-0.1, -0.05) is 91.0 Å². The molecule has 238 valence electrons. The summed E-state index contributed by atoms with van der Waals surface area (Å²) in [6, 6.07) is 26.2. The Morgan fingerprint density at radius 3 is 2.00 bits per heavy atom. The molecule has 0 aliphatic carbocycles. The number of likely N-dealkylation sites (N-methyl/N-ethyl adjacent to an activating group) is 1. The third kappa shape index (κ3) is 8.09. The maximum atomic E-state index is 14.3.